The van der Waals surface area contributed by atoms with E-state index >= 15 is 4.39 Å². The van der Waals surface area contributed by atoms with Crippen molar-refractivity contribution in [2.45, 2.75) is 19.3 Å². The quantitative estimate of drug-likeness (QED) is 0.474. The van der Waals surface area contributed by atoms with E-state index in [2.05, 4.69) is 0 Å². The van der Waals surface area contributed by atoms with Crippen molar-refractivity contribution >= 4 is 40.8 Å². The monoisotopic (exact) mass is 601 g/mol. The molecule has 0 N–H and O–H groups in total. The summed E-state index contributed by atoms with van der Waals surface area (Å²) in [7, 11) is 0. The predicted molar refractivity (Wildman–Crippen MR) is 151 cm³/mol. The molecule has 1 unspecified atom stereocenters. The number of nitrogens with zero attached hydrogens (tertiary/aromatic N) is 5. The number of hydrogen-bond donors (Lipinski definition) is 0. The predicted octanol–water partition coefficient (Wildman–Crippen LogP) is 2.79. The van der Waals surface area contributed by atoms with Crippen molar-refractivity contribution in [1.29, 1.82) is 0 Å². The van der Waals surface area contributed by atoms with Crippen molar-refractivity contribution in [3.63, 3.8) is 0 Å². The molecule has 2 atom stereocenters. The Labute approximate surface area is 247 Å². The zero-order chi connectivity index (χ0) is 30.1. The Morgan fingerprint density at radius 2 is 1.28 bits per heavy atom. The first-order valence-corrected chi connectivity index (χ1v) is 14.3. The van der Waals surface area contributed by atoms with Crippen molar-refractivity contribution in [2.75, 3.05) is 91.8 Å². The van der Waals surface area contributed by atoms with Gasteiger partial charge in [-0.15, -0.1) is 0 Å². The molecule has 14 heteroatoms. The van der Waals surface area contributed by atoms with Crippen molar-refractivity contribution in [3.8, 4) is 0 Å². The van der Waals surface area contributed by atoms with E-state index in [0.717, 1.165) is 0 Å². The fraction of sp³-hybridized carbons (Fsp3) is 0.483. The standard InChI is InChI=1S/C29H33F2N5O7/c1-19(37)34(27-18-36(29(39)43-27)21-3-5-26(24(31)15-21)33-8-12-41-13-9-33)16-22-17-35(28(38)42-22)20-2-4-25(23(30)14-20)32-6-10-40-11-7-32/h2-5,14-15,22,27H,6-13,16-18H2,1H3/t22-,27?/m0/s1. The minimum atomic E-state index is -0.981. The third kappa shape index (κ3) is 6.02. The van der Waals surface area contributed by atoms with Crippen molar-refractivity contribution in [1.82, 2.24) is 4.90 Å². The average Bonchev–Trinajstić information content (AvgIpc) is 3.58. The molecule has 4 saturated heterocycles. The fourth-order valence-corrected chi connectivity index (χ4v) is 5.77. The lowest BCUT2D eigenvalue weighted by atomic mass is 10.2. The number of rotatable bonds is 7. The molecule has 4 aliphatic rings. The number of benzene rings is 2. The topological polar surface area (TPSA) is 104 Å². The molecule has 0 aliphatic carbocycles. The molecule has 0 saturated carbocycles. The van der Waals surface area contributed by atoms with E-state index in [1.54, 1.807) is 24.3 Å². The third-order valence-corrected chi connectivity index (χ3v) is 8.01. The van der Waals surface area contributed by atoms with Gasteiger partial charge in [0.1, 0.15) is 17.7 Å². The van der Waals surface area contributed by atoms with Crippen LogP contribution in [0.2, 0.25) is 0 Å². The van der Waals surface area contributed by atoms with Crippen molar-refractivity contribution < 1.29 is 42.1 Å². The molecule has 12 nitrogen and oxygen atoms in total. The molecule has 0 spiro atoms. The van der Waals surface area contributed by atoms with Gasteiger partial charge in [-0.05, 0) is 36.4 Å². The van der Waals surface area contributed by atoms with Crippen LogP contribution in [-0.2, 0) is 23.7 Å². The van der Waals surface area contributed by atoms with Crippen molar-refractivity contribution in [2.24, 2.45) is 0 Å². The Morgan fingerprint density at radius 1 is 0.791 bits per heavy atom. The maximum absolute atomic E-state index is 15.0. The summed E-state index contributed by atoms with van der Waals surface area (Å²) in [4.78, 5) is 45.8. The van der Waals surface area contributed by atoms with E-state index in [0.29, 0.717) is 75.4 Å². The van der Waals surface area contributed by atoms with E-state index in [1.807, 2.05) is 9.80 Å². The summed E-state index contributed by atoms with van der Waals surface area (Å²) in [5.74, 6) is -1.34. The van der Waals surface area contributed by atoms with Gasteiger partial charge in [0.15, 0.2) is 6.23 Å². The molecule has 4 aliphatic heterocycles. The van der Waals surface area contributed by atoms with Crippen LogP contribution in [0.3, 0.4) is 0 Å². The highest BCUT2D eigenvalue weighted by molar-refractivity contribution is 5.91. The van der Waals surface area contributed by atoms with Crippen molar-refractivity contribution in [3.05, 3.63) is 48.0 Å². The van der Waals surface area contributed by atoms with Gasteiger partial charge in [0.05, 0.1) is 68.8 Å². The average molecular weight is 602 g/mol. The normalized spacial score (nSPS) is 22.6. The summed E-state index contributed by atoms with van der Waals surface area (Å²) in [6.45, 7) is 5.62. The molecule has 2 aromatic rings. The van der Waals surface area contributed by atoms with Gasteiger partial charge < -0.3 is 33.6 Å². The van der Waals surface area contributed by atoms with Crippen LogP contribution < -0.4 is 19.6 Å². The Hall–Kier alpha value is -4.17. The number of hydrogen-bond acceptors (Lipinski definition) is 9. The first kappa shape index (κ1) is 28.9. The molecule has 43 heavy (non-hydrogen) atoms. The Kier molecular flexibility index (Phi) is 8.21. The van der Waals surface area contributed by atoms with E-state index in [1.165, 1.54) is 33.8 Å². The van der Waals surface area contributed by atoms with Gasteiger partial charge in [0, 0.05) is 33.1 Å². The lowest BCUT2D eigenvalue weighted by Gasteiger charge is -2.29. The van der Waals surface area contributed by atoms with Crippen LogP contribution >= 0.6 is 0 Å². The number of amides is 3. The summed E-state index contributed by atoms with van der Waals surface area (Å²) in [5, 5.41) is 0. The molecular formula is C29H33F2N5O7. The largest absolute Gasteiger partial charge is 0.442 e. The smallest absolute Gasteiger partial charge is 0.416 e. The third-order valence-electron chi connectivity index (χ3n) is 8.01. The lowest BCUT2D eigenvalue weighted by molar-refractivity contribution is -0.138. The van der Waals surface area contributed by atoms with Crippen LogP contribution in [0.25, 0.3) is 0 Å². The van der Waals surface area contributed by atoms with Crippen LogP contribution in [0.5, 0.6) is 0 Å². The molecule has 0 aromatic heterocycles. The Balaban J connectivity index is 1.10. The summed E-state index contributed by atoms with van der Waals surface area (Å²) in [6, 6.07) is 9.09. The van der Waals surface area contributed by atoms with E-state index < -0.39 is 42.1 Å². The van der Waals surface area contributed by atoms with Gasteiger partial charge >= 0.3 is 12.2 Å². The zero-order valence-corrected chi connectivity index (χ0v) is 23.7. The molecule has 3 amide bonds. The summed E-state index contributed by atoms with van der Waals surface area (Å²) < 4.78 is 51.7. The second-order valence-electron chi connectivity index (χ2n) is 10.7. The first-order chi connectivity index (χ1) is 20.8. The first-order valence-electron chi connectivity index (χ1n) is 14.3. The highest BCUT2D eigenvalue weighted by atomic mass is 19.1. The maximum atomic E-state index is 15.0. The molecular weight excluding hydrogens is 568 g/mol. The van der Waals surface area contributed by atoms with Gasteiger partial charge in [-0.1, -0.05) is 0 Å². The number of carbonyl (C=O) groups excluding carboxylic acids is 3. The number of cyclic esters (lactones) is 2. The summed E-state index contributed by atoms with van der Waals surface area (Å²) >= 11 is 0. The van der Waals surface area contributed by atoms with E-state index in [4.69, 9.17) is 18.9 Å². The van der Waals surface area contributed by atoms with Crippen LogP contribution in [0, 0.1) is 11.6 Å². The van der Waals surface area contributed by atoms with E-state index in [-0.39, 0.29) is 19.6 Å². The molecule has 0 bridgehead atoms. The van der Waals surface area contributed by atoms with Gasteiger partial charge in [-0.2, -0.15) is 0 Å². The SMILES string of the molecule is CC(=O)N(C[C@H]1CN(c2ccc(N3CCOCC3)c(F)c2)C(=O)O1)C1CN(c2ccc(N3CCOCC3)c(F)c2)C(=O)O1. The number of anilines is 4. The van der Waals surface area contributed by atoms with Gasteiger partial charge in [-0.3, -0.25) is 14.6 Å². The molecule has 2 aromatic carbocycles. The second kappa shape index (κ2) is 12.2. The second-order valence-corrected chi connectivity index (χ2v) is 10.7. The molecule has 230 valence electrons. The van der Waals surface area contributed by atoms with Crippen LogP contribution in [-0.4, -0.2) is 108 Å². The number of morpholine rings is 2. The molecule has 4 fully saturated rings. The highest BCUT2D eigenvalue weighted by Gasteiger charge is 2.41. The van der Waals surface area contributed by atoms with Gasteiger partial charge in [0.25, 0.3) is 0 Å². The summed E-state index contributed by atoms with van der Waals surface area (Å²) in [5.41, 5.74) is 1.48. The van der Waals surface area contributed by atoms with Crippen LogP contribution in [0.1, 0.15) is 6.92 Å². The van der Waals surface area contributed by atoms with Gasteiger partial charge in [0.2, 0.25) is 5.91 Å². The summed E-state index contributed by atoms with van der Waals surface area (Å²) in [6.07, 6.45) is -3.13. The fourth-order valence-electron chi connectivity index (χ4n) is 5.77. The number of halogens is 2. The lowest BCUT2D eigenvalue weighted by Crippen LogP contribution is -2.46. The molecule has 0 radical (unpaired) electrons. The van der Waals surface area contributed by atoms with Crippen LogP contribution in [0.15, 0.2) is 36.4 Å². The van der Waals surface area contributed by atoms with E-state index in [9.17, 15) is 18.8 Å². The maximum Gasteiger partial charge on any atom is 0.416 e. The van der Waals surface area contributed by atoms with Gasteiger partial charge in [-0.25, -0.2) is 18.4 Å². The van der Waals surface area contributed by atoms with Crippen LogP contribution in [0.4, 0.5) is 41.1 Å². The Morgan fingerprint density at radius 3 is 1.77 bits per heavy atom. The minimum Gasteiger partial charge on any atom is -0.442 e. The number of carbonyl (C=O) groups is 3. The molecule has 4 heterocycles. The Bertz CT molecular complexity index is 1380. The molecule has 6 rings (SSSR count). The highest BCUT2D eigenvalue weighted by Crippen LogP contribution is 2.31. The minimum absolute atomic E-state index is 0.0344. The number of ether oxygens (including phenoxy) is 4. The zero-order valence-electron chi connectivity index (χ0n) is 23.7.